The first kappa shape index (κ1) is 15.9. The number of rotatable bonds is 4. The maximum absolute atomic E-state index is 12.9. The lowest BCUT2D eigenvalue weighted by Gasteiger charge is -2.20. The van der Waals surface area contributed by atoms with Crippen molar-refractivity contribution in [1.29, 1.82) is 0 Å². The fourth-order valence-corrected chi connectivity index (χ4v) is 2.93. The molecule has 1 atom stereocenters. The third-order valence-electron chi connectivity index (χ3n) is 2.30. The minimum absolute atomic E-state index is 0.0605. The summed E-state index contributed by atoms with van der Waals surface area (Å²) in [4.78, 5) is 0. The van der Waals surface area contributed by atoms with E-state index in [0.29, 0.717) is 0 Å². The Balaban J connectivity index is 3.54. The second kappa shape index (κ2) is 5.46. The Labute approximate surface area is 112 Å². The van der Waals surface area contributed by atoms with E-state index in [1.807, 2.05) is 0 Å². The Morgan fingerprint density at radius 1 is 1.21 bits per heavy atom. The molecular weight excluding hydrogens is 309 g/mol. The summed E-state index contributed by atoms with van der Waals surface area (Å²) in [7, 11) is 2.34. The highest BCUT2D eigenvalue weighted by Crippen LogP contribution is 2.45. The van der Waals surface area contributed by atoms with Gasteiger partial charge in [0.05, 0.1) is 14.2 Å². The van der Waals surface area contributed by atoms with Crippen LogP contribution in [-0.2, 0) is 9.05 Å². The largest absolute Gasteiger partial charge is 0.497 e. The molecule has 4 nitrogen and oxygen atoms in total. The lowest BCUT2D eigenvalue weighted by molar-refractivity contribution is -0.131. The van der Waals surface area contributed by atoms with Crippen molar-refractivity contribution >= 4 is 19.7 Å². The molecule has 1 aromatic carbocycles. The van der Waals surface area contributed by atoms with Crippen molar-refractivity contribution in [2.75, 3.05) is 14.2 Å². The van der Waals surface area contributed by atoms with E-state index < -0.39 is 26.0 Å². The second-order valence-electron chi connectivity index (χ2n) is 3.51. The van der Waals surface area contributed by atoms with Gasteiger partial charge in [0.15, 0.2) is 5.25 Å². The van der Waals surface area contributed by atoms with E-state index >= 15 is 0 Å². The number of hydrogen-bond donors (Lipinski definition) is 0. The van der Waals surface area contributed by atoms with Crippen LogP contribution in [0.2, 0.25) is 0 Å². The second-order valence-corrected chi connectivity index (χ2v) is 6.22. The first-order valence-corrected chi connectivity index (χ1v) is 7.20. The summed E-state index contributed by atoms with van der Waals surface area (Å²) in [6.07, 6.45) is -5.07. The average molecular weight is 319 g/mol. The van der Waals surface area contributed by atoms with Gasteiger partial charge >= 0.3 is 6.18 Å². The van der Waals surface area contributed by atoms with Gasteiger partial charge in [-0.1, -0.05) is 0 Å². The lowest BCUT2D eigenvalue weighted by atomic mass is 10.1. The number of methoxy groups -OCH3 is 2. The Bertz CT molecular complexity index is 556. The first-order valence-electron chi connectivity index (χ1n) is 4.83. The Kier molecular flexibility index (Phi) is 4.57. The number of ether oxygens (including phenoxy) is 2. The van der Waals surface area contributed by atoms with Crippen LogP contribution in [0.4, 0.5) is 13.2 Å². The fourth-order valence-electron chi connectivity index (χ4n) is 1.53. The van der Waals surface area contributed by atoms with Gasteiger partial charge in [-0.15, -0.1) is 0 Å². The molecule has 0 N–H and O–H groups in total. The van der Waals surface area contributed by atoms with Gasteiger partial charge < -0.3 is 9.47 Å². The predicted octanol–water partition coefficient (Wildman–Crippen LogP) is 2.88. The Morgan fingerprint density at radius 2 is 1.79 bits per heavy atom. The average Bonchev–Trinajstić information content (AvgIpc) is 2.25. The molecule has 0 saturated carbocycles. The van der Waals surface area contributed by atoms with Crippen LogP contribution in [0.25, 0.3) is 0 Å². The van der Waals surface area contributed by atoms with Crippen LogP contribution in [0.3, 0.4) is 0 Å². The third kappa shape index (κ3) is 3.66. The van der Waals surface area contributed by atoms with Gasteiger partial charge in [0.2, 0.25) is 9.05 Å². The molecule has 0 bridgehead atoms. The molecule has 1 unspecified atom stereocenters. The molecule has 0 aromatic heterocycles. The van der Waals surface area contributed by atoms with E-state index in [1.54, 1.807) is 0 Å². The summed E-state index contributed by atoms with van der Waals surface area (Å²) in [6.45, 7) is 0. The van der Waals surface area contributed by atoms with Gasteiger partial charge in [-0.05, 0) is 18.2 Å². The summed E-state index contributed by atoms with van der Waals surface area (Å²) < 4.78 is 70.6. The van der Waals surface area contributed by atoms with Crippen LogP contribution in [0.1, 0.15) is 10.8 Å². The minimum atomic E-state index is -5.07. The van der Waals surface area contributed by atoms with E-state index in [1.165, 1.54) is 19.2 Å². The highest BCUT2D eigenvalue weighted by molar-refractivity contribution is 8.14. The van der Waals surface area contributed by atoms with Crippen LogP contribution in [0.5, 0.6) is 11.5 Å². The monoisotopic (exact) mass is 318 g/mol. The third-order valence-corrected chi connectivity index (χ3v) is 3.92. The van der Waals surface area contributed by atoms with E-state index in [2.05, 4.69) is 0 Å². The lowest BCUT2D eigenvalue weighted by Crippen LogP contribution is -2.26. The summed E-state index contributed by atoms with van der Waals surface area (Å²) in [5, 5.41) is -2.88. The van der Waals surface area contributed by atoms with Crippen molar-refractivity contribution in [2.24, 2.45) is 0 Å². The minimum Gasteiger partial charge on any atom is -0.497 e. The fraction of sp³-hybridized carbons (Fsp3) is 0.400. The van der Waals surface area contributed by atoms with Gasteiger partial charge in [0.25, 0.3) is 0 Å². The molecule has 0 aliphatic carbocycles. The number of halogens is 4. The molecule has 0 saturated heterocycles. The SMILES string of the molecule is COc1ccc(OC)c(C(C(F)(F)F)S(=O)(=O)Cl)c1. The maximum atomic E-state index is 12.9. The molecule has 1 aromatic rings. The van der Waals surface area contributed by atoms with E-state index in [9.17, 15) is 21.6 Å². The summed E-state index contributed by atoms with van der Waals surface area (Å²) in [5.41, 5.74) is -0.621. The molecule has 19 heavy (non-hydrogen) atoms. The van der Waals surface area contributed by atoms with Gasteiger partial charge in [-0.3, -0.25) is 0 Å². The first-order chi connectivity index (χ1) is 8.61. The van der Waals surface area contributed by atoms with Crippen LogP contribution in [0.15, 0.2) is 18.2 Å². The highest BCUT2D eigenvalue weighted by atomic mass is 35.7. The van der Waals surface area contributed by atoms with Crippen molar-refractivity contribution in [2.45, 2.75) is 11.4 Å². The quantitative estimate of drug-likeness (QED) is 0.801. The summed E-state index contributed by atoms with van der Waals surface area (Å²) >= 11 is 0. The number of benzene rings is 1. The zero-order valence-electron chi connectivity index (χ0n) is 9.86. The summed E-state index contributed by atoms with van der Waals surface area (Å²) in [6, 6.07) is 3.45. The zero-order chi connectivity index (χ0) is 14.8. The molecule has 0 aliphatic rings. The van der Waals surface area contributed by atoms with Crippen LogP contribution in [-0.4, -0.2) is 28.8 Å². The standard InChI is InChI=1S/C10H10ClF3O4S/c1-17-6-3-4-8(18-2)7(5-6)9(10(12,13)14)19(11,15)16/h3-5,9H,1-2H3. The number of alkyl halides is 3. The van der Waals surface area contributed by atoms with Crippen LogP contribution < -0.4 is 9.47 Å². The number of hydrogen-bond acceptors (Lipinski definition) is 4. The van der Waals surface area contributed by atoms with Crippen molar-refractivity contribution in [3.63, 3.8) is 0 Å². The van der Waals surface area contributed by atoms with E-state index in [-0.39, 0.29) is 11.5 Å². The van der Waals surface area contributed by atoms with Gasteiger partial charge in [-0.25, -0.2) is 8.42 Å². The van der Waals surface area contributed by atoms with E-state index in [0.717, 1.165) is 13.2 Å². The molecule has 0 aliphatic heterocycles. The van der Waals surface area contributed by atoms with Crippen molar-refractivity contribution in [1.82, 2.24) is 0 Å². The molecule has 0 spiro atoms. The molecule has 108 valence electrons. The molecule has 0 amide bonds. The molecule has 9 heteroatoms. The molecule has 0 fully saturated rings. The normalized spacial score (nSPS) is 14.0. The van der Waals surface area contributed by atoms with Crippen LogP contribution >= 0.6 is 10.7 Å². The van der Waals surface area contributed by atoms with E-state index in [4.69, 9.17) is 20.2 Å². The maximum Gasteiger partial charge on any atom is 0.410 e. The topological polar surface area (TPSA) is 52.6 Å². The van der Waals surface area contributed by atoms with Crippen LogP contribution in [0, 0.1) is 0 Å². The molecule has 0 radical (unpaired) electrons. The van der Waals surface area contributed by atoms with Crippen molar-refractivity contribution < 1.29 is 31.1 Å². The van der Waals surface area contributed by atoms with Gasteiger partial charge in [-0.2, -0.15) is 13.2 Å². The molecule has 1 rings (SSSR count). The van der Waals surface area contributed by atoms with Crippen molar-refractivity contribution in [3.8, 4) is 11.5 Å². The highest BCUT2D eigenvalue weighted by Gasteiger charge is 2.50. The molecule has 0 heterocycles. The Hall–Kier alpha value is -1.15. The Morgan fingerprint density at radius 3 is 2.16 bits per heavy atom. The van der Waals surface area contributed by atoms with Gasteiger partial charge in [0, 0.05) is 16.2 Å². The zero-order valence-corrected chi connectivity index (χ0v) is 11.4. The molecular formula is C10H10ClF3O4S. The smallest absolute Gasteiger partial charge is 0.410 e. The van der Waals surface area contributed by atoms with Gasteiger partial charge in [0.1, 0.15) is 11.5 Å². The summed E-state index contributed by atoms with van der Waals surface area (Å²) in [5.74, 6) is -0.183. The van der Waals surface area contributed by atoms with Crippen molar-refractivity contribution in [3.05, 3.63) is 23.8 Å². The predicted molar refractivity (Wildman–Crippen MR) is 63.1 cm³/mol.